The zero-order chi connectivity index (χ0) is 13.0. The zero-order valence-electron chi connectivity index (χ0n) is 10.1. The smallest absolute Gasteiger partial charge is 0.303 e. The highest BCUT2D eigenvalue weighted by Gasteiger charge is 2.18. The van der Waals surface area contributed by atoms with Crippen LogP contribution in [0.5, 0.6) is 0 Å². The number of carbonyl (C=O) groups is 2. The normalized spacial score (nSPS) is 12.2. The molecule has 1 aromatic carbocycles. The summed E-state index contributed by atoms with van der Waals surface area (Å²) in [5, 5.41) is 8.54. The van der Waals surface area contributed by atoms with Gasteiger partial charge in [0.05, 0.1) is 6.04 Å². The third kappa shape index (κ3) is 3.67. The van der Waals surface area contributed by atoms with Crippen LogP contribution in [0, 0.1) is 13.8 Å². The van der Waals surface area contributed by atoms with Crippen molar-refractivity contribution in [1.29, 1.82) is 0 Å². The molecule has 1 unspecified atom stereocenters. The fraction of sp³-hybridized carbons (Fsp3) is 0.385. The maximum atomic E-state index is 12.0. The molecule has 0 saturated carbocycles. The number of benzene rings is 1. The molecule has 0 spiro atoms. The van der Waals surface area contributed by atoms with E-state index in [9.17, 15) is 9.59 Å². The molecule has 17 heavy (non-hydrogen) atoms. The molecule has 4 nitrogen and oxygen atoms in total. The highest BCUT2D eigenvalue weighted by atomic mass is 16.4. The van der Waals surface area contributed by atoms with Crippen molar-refractivity contribution in [3.05, 3.63) is 34.9 Å². The predicted molar refractivity (Wildman–Crippen MR) is 65.1 cm³/mol. The van der Waals surface area contributed by atoms with Gasteiger partial charge < -0.3 is 10.8 Å². The van der Waals surface area contributed by atoms with Crippen LogP contribution >= 0.6 is 0 Å². The molecule has 0 saturated heterocycles. The summed E-state index contributed by atoms with van der Waals surface area (Å²) >= 11 is 0. The fourth-order valence-electron chi connectivity index (χ4n) is 1.70. The average Bonchev–Trinajstić information content (AvgIpc) is 2.25. The first kappa shape index (κ1) is 13.4. The maximum absolute atomic E-state index is 12.0. The Morgan fingerprint density at radius 3 is 2.53 bits per heavy atom. The molecular formula is C13H17NO3. The van der Waals surface area contributed by atoms with Gasteiger partial charge in [-0.15, -0.1) is 0 Å². The van der Waals surface area contributed by atoms with Crippen molar-refractivity contribution in [3.8, 4) is 0 Å². The van der Waals surface area contributed by atoms with Gasteiger partial charge in [-0.05, 0) is 25.8 Å². The van der Waals surface area contributed by atoms with Crippen molar-refractivity contribution >= 4 is 11.8 Å². The highest BCUT2D eigenvalue weighted by molar-refractivity contribution is 6.01. The molecule has 0 amide bonds. The molecule has 1 atom stereocenters. The fourth-order valence-corrected chi connectivity index (χ4v) is 1.70. The first-order chi connectivity index (χ1) is 7.91. The molecule has 0 aliphatic heterocycles. The Balaban J connectivity index is 2.78. The number of carboxylic acid groups (broad SMARTS) is 1. The van der Waals surface area contributed by atoms with E-state index in [0.717, 1.165) is 11.1 Å². The quantitative estimate of drug-likeness (QED) is 0.761. The molecule has 3 N–H and O–H groups in total. The number of carboxylic acids is 1. The number of nitrogens with two attached hydrogens (primary N) is 1. The Bertz CT molecular complexity index is 440. The van der Waals surface area contributed by atoms with Crippen molar-refractivity contribution in [2.24, 2.45) is 5.73 Å². The minimum atomic E-state index is -0.936. The van der Waals surface area contributed by atoms with Crippen molar-refractivity contribution in [1.82, 2.24) is 0 Å². The van der Waals surface area contributed by atoms with Gasteiger partial charge in [-0.1, -0.05) is 23.8 Å². The molecule has 0 bridgehead atoms. The minimum absolute atomic E-state index is 0.0855. The molecule has 0 heterocycles. The summed E-state index contributed by atoms with van der Waals surface area (Å²) in [5.74, 6) is -1.13. The highest BCUT2D eigenvalue weighted by Crippen LogP contribution is 2.13. The van der Waals surface area contributed by atoms with Crippen molar-refractivity contribution in [2.45, 2.75) is 32.7 Å². The lowest BCUT2D eigenvalue weighted by Crippen LogP contribution is -2.31. The number of rotatable bonds is 5. The second kappa shape index (κ2) is 5.59. The van der Waals surface area contributed by atoms with E-state index in [0.29, 0.717) is 5.56 Å². The van der Waals surface area contributed by atoms with E-state index >= 15 is 0 Å². The van der Waals surface area contributed by atoms with Crippen LogP contribution < -0.4 is 5.73 Å². The second-order valence-electron chi connectivity index (χ2n) is 4.22. The van der Waals surface area contributed by atoms with Gasteiger partial charge in [-0.2, -0.15) is 0 Å². The third-order valence-corrected chi connectivity index (χ3v) is 2.65. The summed E-state index contributed by atoms with van der Waals surface area (Å²) in [6, 6.07) is 4.77. The summed E-state index contributed by atoms with van der Waals surface area (Å²) in [7, 11) is 0. The molecular weight excluding hydrogens is 218 g/mol. The molecule has 0 aliphatic carbocycles. The van der Waals surface area contributed by atoms with Gasteiger partial charge in [-0.25, -0.2) is 0 Å². The topological polar surface area (TPSA) is 80.4 Å². The van der Waals surface area contributed by atoms with Gasteiger partial charge in [0.1, 0.15) is 0 Å². The number of hydrogen-bond acceptors (Lipinski definition) is 3. The lowest BCUT2D eigenvalue weighted by Gasteiger charge is -2.11. The number of aryl methyl sites for hydroxylation is 2. The van der Waals surface area contributed by atoms with E-state index in [4.69, 9.17) is 10.8 Å². The van der Waals surface area contributed by atoms with Crippen LogP contribution in [0.4, 0.5) is 0 Å². The zero-order valence-corrected chi connectivity index (χ0v) is 10.1. The Kier molecular flexibility index (Phi) is 4.40. The van der Waals surface area contributed by atoms with E-state index in [1.165, 1.54) is 0 Å². The molecule has 4 heteroatoms. The molecule has 92 valence electrons. The summed E-state index contributed by atoms with van der Waals surface area (Å²) in [6.07, 6.45) is 0.0826. The SMILES string of the molecule is Cc1ccc(C(=O)C(N)CCC(=O)O)c(C)c1. The summed E-state index contributed by atoms with van der Waals surface area (Å²) in [5.41, 5.74) is 8.23. The monoisotopic (exact) mass is 235 g/mol. The largest absolute Gasteiger partial charge is 0.481 e. The standard InChI is InChI=1S/C13H17NO3/c1-8-3-4-10(9(2)7-8)13(17)11(14)5-6-12(15)16/h3-4,7,11H,5-6,14H2,1-2H3,(H,15,16). The molecule has 1 aromatic rings. The van der Waals surface area contributed by atoms with Crippen LogP contribution in [-0.4, -0.2) is 22.9 Å². The number of hydrogen-bond donors (Lipinski definition) is 2. The van der Waals surface area contributed by atoms with Crippen LogP contribution in [0.25, 0.3) is 0 Å². The van der Waals surface area contributed by atoms with Crippen molar-refractivity contribution < 1.29 is 14.7 Å². The Hall–Kier alpha value is -1.68. The second-order valence-corrected chi connectivity index (χ2v) is 4.22. The Morgan fingerprint density at radius 2 is 2.00 bits per heavy atom. The van der Waals surface area contributed by atoms with Gasteiger partial charge in [0.25, 0.3) is 0 Å². The lowest BCUT2D eigenvalue weighted by molar-refractivity contribution is -0.137. The number of Topliss-reactive ketones (excluding diaryl/α,β-unsaturated/α-hetero) is 1. The van der Waals surface area contributed by atoms with E-state index in [-0.39, 0.29) is 18.6 Å². The Morgan fingerprint density at radius 1 is 1.35 bits per heavy atom. The van der Waals surface area contributed by atoms with Crippen LogP contribution in [-0.2, 0) is 4.79 Å². The van der Waals surface area contributed by atoms with Crippen LogP contribution in [0.2, 0.25) is 0 Å². The van der Waals surface area contributed by atoms with Crippen LogP contribution in [0.1, 0.15) is 34.3 Å². The molecule has 0 radical (unpaired) electrons. The predicted octanol–water partition coefficient (Wildman–Crippen LogP) is 1.68. The van der Waals surface area contributed by atoms with Gasteiger partial charge in [0.2, 0.25) is 0 Å². The van der Waals surface area contributed by atoms with E-state index in [1.807, 2.05) is 26.0 Å². The van der Waals surface area contributed by atoms with Crippen molar-refractivity contribution in [2.75, 3.05) is 0 Å². The average molecular weight is 235 g/mol. The van der Waals surface area contributed by atoms with Gasteiger partial charge in [0, 0.05) is 12.0 Å². The summed E-state index contributed by atoms with van der Waals surface area (Å²) in [4.78, 5) is 22.4. The number of aliphatic carboxylic acids is 1. The number of ketones is 1. The summed E-state index contributed by atoms with van der Waals surface area (Å²) < 4.78 is 0. The van der Waals surface area contributed by atoms with Gasteiger partial charge in [-0.3, -0.25) is 9.59 Å². The first-order valence-corrected chi connectivity index (χ1v) is 5.50. The van der Waals surface area contributed by atoms with Gasteiger partial charge in [0.15, 0.2) is 5.78 Å². The van der Waals surface area contributed by atoms with E-state index in [2.05, 4.69) is 0 Å². The van der Waals surface area contributed by atoms with E-state index < -0.39 is 12.0 Å². The first-order valence-electron chi connectivity index (χ1n) is 5.50. The Labute approximate surface area is 100 Å². The molecule has 0 fully saturated rings. The van der Waals surface area contributed by atoms with E-state index in [1.54, 1.807) is 6.07 Å². The maximum Gasteiger partial charge on any atom is 0.303 e. The summed E-state index contributed by atoms with van der Waals surface area (Å²) in [6.45, 7) is 3.80. The van der Waals surface area contributed by atoms with Crippen molar-refractivity contribution in [3.63, 3.8) is 0 Å². The minimum Gasteiger partial charge on any atom is -0.481 e. The lowest BCUT2D eigenvalue weighted by atomic mass is 9.96. The third-order valence-electron chi connectivity index (χ3n) is 2.65. The number of carbonyl (C=O) groups excluding carboxylic acids is 1. The molecule has 0 aliphatic rings. The van der Waals surface area contributed by atoms with Crippen LogP contribution in [0.3, 0.4) is 0 Å². The van der Waals surface area contributed by atoms with Gasteiger partial charge >= 0.3 is 5.97 Å². The molecule has 1 rings (SSSR count). The molecule has 0 aromatic heterocycles. The van der Waals surface area contributed by atoms with Crippen LogP contribution in [0.15, 0.2) is 18.2 Å².